The molecule has 4 aliphatic rings. The van der Waals surface area contributed by atoms with Gasteiger partial charge in [0.15, 0.2) is 75.8 Å². The number of rotatable bonds is 18. The van der Waals surface area contributed by atoms with E-state index in [1.807, 2.05) is 171 Å². The van der Waals surface area contributed by atoms with Gasteiger partial charge >= 0.3 is 11.9 Å². The number of hydrogen-bond donors (Lipinski definition) is 2. The Morgan fingerprint density at radius 1 is 0.390 bits per heavy atom. The molecule has 0 bridgehead atoms. The summed E-state index contributed by atoms with van der Waals surface area (Å²) in [7, 11) is 7.92. The fourth-order valence-corrected chi connectivity index (χ4v) is 13.5. The van der Waals surface area contributed by atoms with Gasteiger partial charge in [0.2, 0.25) is 10.7 Å². The average Bonchev–Trinajstić information content (AvgIpc) is 0.739. The Hall–Kier alpha value is -12.4. The first-order valence-electron chi connectivity index (χ1n) is 33.7. The molecule has 15 rings (SSSR count). The first-order valence-corrected chi connectivity index (χ1v) is 33.7. The van der Waals surface area contributed by atoms with E-state index in [9.17, 15) is 19.8 Å². The SMILES string of the molecule is C[N+](C)=c1ccc2c(-c3ccccc3C(=O)OCCC[n+]3ccc(-c4cc[n+](Cc5ccc(C[n+]6ccc(-c7cc[n+](CCCOC(=O)c8ccccc8-c8c9ccc(=[N+](C)C)cc-9oc9c8ccc8cccc(O)c89)cc7)cc6)cc5)cc4)cc3)c3ccc4cccc(O)c4c3oc-2c1. The first kappa shape index (κ1) is 63.6. The summed E-state index contributed by atoms with van der Waals surface area (Å²) in [5.74, 6) is 0.722. The van der Waals surface area contributed by atoms with Crippen molar-refractivity contribution in [2.75, 3.05) is 41.4 Å². The molecule has 0 spiro atoms. The highest BCUT2D eigenvalue weighted by molar-refractivity contribution is 6.17. The topological polar surface area (TPSA) is 141 Å². The van der Waals surface area contributed by atoms with E-state index in [2.05, 4.69) is 141 Å². The van der Waals surface area contributed by atoms with E-state index in [0.717, 1.165) is 101 Å². The molecular formula is C86H74N6O8+6. The molecule has 0 fully saturated rings. The number of aryl methyl sites for hydroxylation is 2. The average molecular weight is 1320 g/mol. The standard InChI is InChI=1S/C86H72N6O8/c1-87(2)65-27-31-71-77(53-65)99-83-73(29-25-63-13-9-19-75(93)79(63)83)81(71)67-15-5-7-17-69(67)85(95)97-51-11-41-89-43-33-59(34-44-89)61-37-47-91(48-38-61)55-57-21-23-58(24-22-57)56-92-49-39-62(40-50-92)60-35-45-90(46-36-60)42-12-52-98-86(96)70-18-8-6-16-68(70)82-72-32-28-66(88(3)4)54-78(72)100-84-74(82)30-26-64-14-10-20-76(94)80(64)84/h5-10,13-40,43-50,53-54H,11-12,41-42,51-52,55-56H2,1-4H3/q+4/p+2. The molecule has 0 saturated carbocycles. The second-order valence-electron chi connectivity index (χ2n) is 25.8. The predicted molar refractivity (Wildman–Crippen MR) is 388 cm³/mol. The summed E-state index contributed by atoms with van der Waals surface area (Å²) in [5, 5.41) is 28.6. The summed E-state index contributed by atoms with van der Waals surface area (Å²) in [4.78, 5) is 28.0. The summed E-state index contributed by atoms with van der Waals surface area (Å²) in [6.45, 7) is 3.33. The molecular weight excluding hydrogens is 1240 g/mol. The Balaban J connectivity index is 0.519. The van der Waals surface area contributed by atoms with E-state index in [1.54, 1.807) is 12.1 Å². The predicted octanol–water partition coefficient (Wildman–Crippen LogP) is 13.6. The highest BCUT2D eigenvalue weighted by Crippen LogP contribution is 2.47. The molecule has 2 N–H and O–H groups in total. The number of phenolic OH excluding ortho intramolecular Hbond substituents is 2. The van der Waals surface area contributed by atoms with Crippen molar-refractivity contribution in [3.05, 3.63) is 301 Å². The van der Waals surface area contributed by atoms with E-state index in [4.69, 9.17) is 18.3 Å². The lowest BCUT2D eigenvalue weighted by Crippen LogP contribution is -2.34. The fourth-order valence-electron chi connectivity index (χ4n) is 13.5. The summed E-state index contributed by atoms with van der Waals surface area (Å²) >= 11 is 0. The number of pyridine rings is 4. The zero-order valence-electron chi connectivity index (χ0n) is 56.1. The molecule has 14 heteroatoms. The number of carbonyl (C=O) groups excluding carboxylic acids is 2. The van der Waals surface area contributed by atoms with Crippen LogP contribution in [0.15, 0.2) is 277 Å². The Labute approximate surface area is 577 Å². The smallest absolute Gasteiger partial charge is 0.338 e. The van der Waals surface area contributed by atoms with Gasteiger partial charge in [-0.25, -0.2) is 37.0 Å². The van der Waals surface area contributed by atoms with E-state index in [1.165, 1.54) is 11.1 Å². The molecule has 0 saturated heterocycles. The van der Waals surface area contributed by atoms with Crippen molar-refractivity contribution in [1.29, 1.82) is 0 Å². The number of carbonyl (C=O) groups is 2. The maximum atomic E-state index is 14.0. The number of hydrogen-bond acceptors (Lipinski definition) is 8. The van der Waals surface area contributed by atoms with Crippen LogP contribution in [0.3, 0.4) is 0 Å². The third-order valence-corrected chi connectivity index (χ3v) is 18.8. The van der Waals surface area contributed by atoms with Gasteiger partial charge in [-0.1, -0.05) is 97.1 Å². The van der Waals surface area contributed by atoms with Crippen molar-refractivity contribution in [2.45, 2.75) is 39.0 Å². The zero-order valence-corrected chi connectivity index (χ0v) is 56.1. The van der Waals surface area contributed by atoms with Crippen molar-refractivity contribution in [3.63, 3.8) is 0 Å². The third-order valence-electron chi connectivity index (χ3n) is 18.8. The lowest BCUT2D eigenvalue weighted by Gasteiger charge is -2.18. The van der Waals surface area contributed by atoms with Gasteiger partial charge in [-0.2, -0.15) is 0 Å². The van der Waals surface area contributed by atoms with Crippen molar-refractivity contribution >= 4 is 55.4 Å². The molecule has 0 amide bonds. The fraction of sp³-hybridized carbons (Fsp3) is 0.140. The lowest BCUT2D eigenvalue weighted by molar-refractivity contribution is -0.697. The molecule has 2 aliphatic carbocycles. The minimum Gasteiger partial charge on any atom is -0.507 e. The van der Waals surface area contributed by atoms with Gasteiger partial charge in [0, 0.05) is 118 Å². The molecule has 0 radical (unpaired) electrons. The monoisotopic (exact) mass is 1320 g/mol. The number of fused-ring (bicyclic) bond motifs is 8. The van der Waals surface area contributed by atoms with Crippen molar-refractivity contribution in [3.8, 4) is 78.7 Å². The molecule has 14 nitrogen and oxygen atoms in total. The highest BCUT2D eigenvalue weighted by atomic mass is 16.5. The number of esters is 2. The minimum absolute atomic E-state index is 0.125. The van der Waals surface area contributed by atoms with Crippen LogP contribution in [-0.2, 0) is 35.7 Å². The second-order valence-corrected chi connectivity index (χ2v) is 25.8. The van der Waals surface area contributed by atoms with Gasteiger partial charge in [0.25, 0.3) is 0 Å². The highest BCUT2D eigenvalue weighted by Gasteiger charge is 2.27. The molecule has 2 aliphatic heterocycles. The Morgan fingerprint density at radius 3 is 1.14 bits per heavy atom. The molecule has 0 atom stereocenters. The number of phenols is 2. The third kappa shape index (κ3) is 12.9. The summed E-state index contributed by atoms with van der Waals surface area (Å²) in [5.41, 5.74) is 13.7. The van der Waals surface area contributed by atoms with Crippen LogP contribution in [-0.4, -0.2) is 63.6 Å². The van der Waals surface area contributed by atoms with Crippen LogP contribution < -0.4 is 38.1 Å². The van der Waals surface area contributed by atoms with Gasteiger partial charge in [-0.05, 0) is 92.7 Å². The molecule has 7 aromatic carbocycles. The maximum absolute atomic E-state index is 14.0. The van der Waals surface area contributed by atoms with E-state index < -0.39 is 11.9 Å². The number of aromatic hydroxyl groups is 2. The Kier molecular flexibility index (Phi) is 17.6. The van der Waals surface area contributed by atoms with Crippen LogP contribution in [0.5, 0.6) is 11.5 Å². The number of nitrogens with zero attached hydrogens (tertiary/aromatic N) is 6. The van der Waals surface area contributed by atoms with Crippen LogP contribution in [0.4, 0.5) is 0 Å². The van der Waals surface area contributed by atoms with Crippen molar-refractivity contribution in [2.24, 2.45) is 0 Å². The normalized spacial score (nSPS) is 11.5. The van der Waals surface area contributed by atoms with Gasteiger partial charge < -0.3 is 28.5 Å². The number of ether oxygens (including phenoxy) is 2. The van der Waals surface area contributed by atoms with Crippen LogP contribution in [0, 0.1) is 0 Å². The number of benzene rings is 9. The van der Waals surface area contributed by atoms with Crippen molar-refractivity contribution in [1.82, 2.24) is 9.15 Å². The maximum Gasteiger partial charge on any atom is 0.338 e. The minimum atomic E-state index is -0.403. The van der Waals surface area contributed by atoms with Crippen LogP contribution in [0.2, 0.25) is 0 Å². The molecule has 11 aromatic rings. The van der Waals surface area contributed by atoms with Gasteiger partial charge in [0.05, 0.1) is 47.2 Å². The number of aromatic nitrogens is 4. The molecule has 100 heavy (non-hydrogen) atoms. The summed E-state index contributed by atoms with van der Waals surface area (Å²) < 4.78 is 37.8. The first-order chi connectivity index (χ1) is 48.8. The second kappa shape index (κ2) is 27.6. The van der Waals surface area contributed by atoms with Crippen LogP contribution in [0.1, 0.15) is 44.7 Å². The van der Waals surface area contributed by atoms with Crippen molar-refractivity contribution < 1.29 is 56.4 Å². The van der Waals surface area contributed by atoms with Gasteiger partial charge in [0.1, 0.15) is 62.4 Å². The van der Waals surface area contributed by atoms with Gasteiger partial charge in [-0.3, -0.25) is 0 Å². The molecule has 0 unspecified atom stereocenters. The molecule has 490 valence electrons. The van der Waals surface area contributed by atoms with Gasteiger partial charge in [-0.15, -0.1) is 0 Å². The lowest BCUT2D eigenvalue weighted by atomic mass is 9.89. The van der Waals surface area contributed by atoms with E-state index >= 15 is 0 Å². The largest absolute Gasteiger partial charge is 0.507 e. The zero-order chi connectivity index (χ0) is 68.4. The molecule has 4 aromatic heterocycles. The van der Waals surface area contributed by atoms with Crippen LogP contribution in [0.25, 0.3) is 111 Å². The molecule has 6 heterocycles. The summed E-state index contributed by atoms with van der Waals surface area (Å²) in [6, 6.07) is 71.9. The quantitative estimate of drug-likeness (QED) is 0.0284. The van der Waals surface area contributed by atoms with E-state index in [-0.39, 0.29) is 24.7 Å². The summed E-state index contributed by atoms with van der Waals surface area (Å²) in [6.07, 6.45) is 18.0. The van der Waals surface area contributed by atoms with E-state index in [0.29, 0.717) is 70.5 Å². The van der Waals surface area contributed by atoms with Crippen LogP contribution >= 0.6 is 0 Å². The Bertz CT molecular complexity index is 5350. The Morgan fingerprint density at radius 2 is 0.760 bits per heavy atom.